The summed E-state index contributed by atoms with van der Waals surface area (Å²) in [6.07, 6.45) is 3.33. The molecule has 3 aromatic rings. The van der Waals surface area contributed by atoms with Crippen molar-refractivity contribution in [2.75, 3.05) is 5.73 Å². The minimum atomic E-state index is 0.469. The van der Waals surface area contributed by atoms with Crippen LogP contribution in [0.15, 0.2) is 42.9 Å². The summed E-state index contributed by atoms with van der Waals surface area (Å²) in [5.41, 5.74) is 9.58. The van der Waals surface area contributed by atoms with Crippen LogP contribution in [0.4, 0.5) is 5.82 Å². The molecule has 0 aliphatic carbocycles. The van der Waals surface area contributed by atoms with E-state index in [2.05, 4.69) is 21.0 Å². The van der Waals surface area contributed by atoms with Crippen molar-refractivity contribution < 1.29 is 0 Å². The smallest absolute Gasteiger partial charge is 0.127 e. The molecule has 0 aliphatic heterocycles. The average molecular weight is 236 g/mol. The molecule has 2 heterocycles. The van der Waals surface area contributed by atoms with E-state index in [1.807, 2.05) is 31.3 Å². The first-order valence-corrected chi connectivity index (χ1v) is 5.67. The molecular weight excluding hydrogens is 224 g/mol. The Labute approximate surface area is 105 Å². The largest absolute Gasteiger partial charge is 0.384 e. The molecule has 4 heteroatoms. The fourth-order valence-electron chi connectivity index (χ4n) is 1.92. The molecule has 1 aromatic carbocycles. The van der Waals surface area contributed by atoms with Crippen molar-refractivity contribution in [3.63, 3.8) is 0 Å². The fraction of sp³-hybridized carbons (Fsp3) is 0.0714. The van der Waals surface area contributed by atoms with Gasteiger partial charge in [-0.25, -0.2) is 9.97 Å². The van der Waals surface area contributed by atoms with Gasteiger partial charge >= 0.3 is 0 Å². The van der Waals surface area contributed by atoms with Crippen LogP contribution in [0.2, 0.25) is 0 Å². The molecule has 0 saturated carbocycles. The first-order chi connectivity index (χ1) is 8.72. The van der Waals surface area contributed by atoms with Crippen molar-refractivity contribution in [1.82, 2.24) is 15.0 Å². The number of pyridine rings is 1. The summed E-state index contributed by atoms with van der Waals surface area (Å²) >= 11 is 0. The van der Waals surface area contributed by atoms with Crippen LogP contribution in [0.25, 0.3) is 22.2 Å². The third-order valence-electron chi connectivity index (χ3n) is 2.80. The van der Waals surface area contributed by atoms with Crippen molar-refractivity contribution in [3.8, 4) is 11.3 Å². The van der Waals surface area contributed by atoms with Crippen LogP contribution in [0.3, 0.4) is 0 Å². The van der Waals surface area contributed by atoms with Gasteiger partial charge in [-0.1, -0.05) is 12.1 Å². The number of fused-ring (bicyclic) bond motifs is 1. The SMILES string of the molecule is Cc1cnc2cc(-c3cc(N)ncn3)ccc2c1. The van der Waals surface area contributed by atoms with Crippen molar-refractivity contribution in [2.24, 2.45) is 0 Å². The second kappa shape index (κ2) is 4.07. The molecule has 2 N–H and O–H groups in total. The lowest BCUT2D eigenvalue weighted by molar-refractivity contribution is 1.18. The average Bonchev–Trinajstić information content (AvgIpc) is 2.38. The zero-order valence-corrected chi connectivity index (χ0v) is 9.96. The molecule has 88 valence electrons. The molecule has 3 rings (SSSR count). The maximum absolute atomic E-state index is 5.66. The van der Waals surface area contributed by atoms with Gasteiger partial charge in [0.2, 0.25) is 0 Å². The van der Waals surface area contributed by atoms with E-state index in [9.17, 15) is 0 Å². The van der Waals surface area contributed by atoms with Crippen LogP contribution in [0.1, 0.15) is 5.56 Å². The lowest BCUT2D eigenvalue weighted by Crippen LogP contribution is -1.92. The van der Waals surface area contributed by atoms with Gasteiger partial charge in [0, 0.05) is 23.2 Å². The third kappa shape index (κ3) is 1.88. The normalized spacial score (nSPS) is 10.7. The predicted molar refractivity (Wildman–Crippen MR) is 71.9 cm³/mol. The molecule has 4 nitrogen and oxygen atoms in total. The summed E-state index contributed by atoms with van der Waals surface area (Å²) in [5.74, 6) is 0.469. The highest BCUT2D eigenvalue weighted by Crippen LogP contribution is 2.22. The standard InChI is InChI=1S/C14H12N4/c1-9-4-10-2-3-11(5-12(10)16-7-9)13-6-14(15)18-8-17-13/h2-8H,1H3,(H2,15,17,18). The van der Waals surface area contributed by atoms with Crippen molar-refractivity contribution in [3.05, 3.63) is 48.4 Å². The topological polar surface area (TPSA) is 64.7 Å². The van der Waals surface area contributed by atoms with Crippen LogP contribution in [-0.4, -0.2) is 15.0 Å². The fourth-order valence-corrected chi connectivity index (χ4v) is 1.92. The Hall–Kier alpha value is -2.49. The Kier molecular flexibility index (Phi) is 2.41. The minimum Gasteiger partial charge on any atom is -0.384 e. The molecule has 2 aromatic heterocycles. The number of nitrogens with zero attached hydrogens (tertiary/aromatic N) is 3. The molecule has 0 unspecified atom stereocenters. The van der Waals surface area contributed by atoms with E-state index in [0.29, 0.717) is 5.82 Å². The summed E-state index contributed by atoms with van der Waals surface area (Å²) < 4.78 is 0. The number of anilines is 1. The van der Waals surface area contributed by atoms with E-state index < -0.39 is 0 Å². The molecule has 0 aliphatic rings. The first-order valence-electron chi connectivity index (χ1n) is 5.67. The Morgan fingerprint density at radius 2 is 1.89 bits per heavy atom. The van der Waals surface area contributed by atoms with Crippen molar-refractivity contribution >= 4 is 16.7 Å². The number of hydrogen-bond acceptors (Lipinski definition) is 4. The molecule has 0 atom stereocenters. The summed E-state index contributed by atoms with van der Waals surface area (Å²) in [4.78, 5) is 12.5. The summed E-state index contributed by atoms with van der Waals surface area (Å²) in [6, 6.07) is 9.94. The third-order valence-corrected chi connectivity index (χ3v) is 2.80. The molecule has 0 radical (unpaired) electrons. The van der Waals surface area contributed by atoms with Crippen LogP contribution in [0, 0.1) is 6.92 Å². The predicted octanol–water partition coefficient (Wildman–Crippen LogP) is 2.58. The zero-order valence-electron chi connectivity index (χ0n) is 9.96. The number of nitrogen functional groups attached to an aromatic ring is 1. The van der Waals surface area contributed by atoms with Gasteiger partial charge < -0.3 is 5.73 Å². The lowest BCUT2D eigenvalue weighted by atomic mass is 10.1. The summed E-state index contributed by atoms with van der Waals surface area (Å²) in [5, 5.41) is 1.13. The van der Waals surface area contributed by atoms with Crippen molar-refractivity contribution in [1.29, 1.82) is 0 Å². The lowest BCUT2D eigenvalue weighted by Gasteiger charge is -2.04. The van der Waals surface area contributed by atoms with Crippen LogP contribution in [-0.2, 0) is 0 Å². The number of rotatable bonds is 1. The van der Waals surface area contributed by atoms with E-state index in [-0.39, 0.29) is 0 Å². The van der Waals surface area contributed by atoms with Crippen LogP contribution in [0.5, 0.6) is 0 Å². The van der Waals surface area contributed by atoms with Gasteiger partial charge in [0.15, 0.2) is 0 Å². The van der Waals surface area contributed by atoms with Gasteiger partial charge in [0.1, 0.15) is 12.1 Å². The van der Waals surface area contributed by atoms with Gasteiger partial charge in [0.25, 0.3) is 0 Å². The van der Waals surface area contributed by atoms with Crippen molar-refractivity contribution in [2.45, 2.75) is 6.92 Å². The number of benzene rings is 1. The number of nitrogens with two attached hydrogens (primary N) is 1. The highest BCUT2D eigenvalue weighted by atomic mass is 14.9. The van der Waals surface area contributed by atoms with Gasteiger partial charge in [-0.2, -0.15) is 0 Å². The Bertz CT molecular complexity index is 722. The maximum atomic E-state index is 5.66. The van der Waals surface area contributed by atoms with E-state index in [4.69, 9.17) is 5.73 Å². The molecule has 0 saturated heterocycles. The Balaban J connectivity index is 2.16. The Morgan fingerprint density at radius 3 is 2.72 bits per heavy atom. The Morgan fingerprint density at radius 1 is 1.00 bits per heavy atom. The summed E-state index contributed by atoms with van der Waals surface area (Å²) in [6.45, 7) is 2.03. The monoisotopic (exact) mass is 236 g/mol. The molecule has 0 fully saturated rings. The minimum absolute atomic E-state index is 0.469. The second-order valence-electron chi connectivity index (χ2n) is 4.25. The number of hydrogen-bond donors (Lipinski definition) is 1. The van der Waals surface area contributed by atoms with E-state index in [1.165, 1.54) is 6.33 Å². The first kappa shape index (κ1) is 10.7. The van der Waals surface area contributed by atoms with E-state index in [0.717, 1.165) is 27.7 Å². The highest BCUT2D eigenvalue weighted by molar-refractivity contribution is 5.84. The highest BCUT2D eigenvalue weighted by Gasteiger charge is 2.03. The number of aryl methyl sites for hydroxylation is 1. The second-order valence-corrected chi connectivity index (χ2v) is 4.25. The molecule has 0 bridgehead atoms. The quantitative estimate of drug-likeness (QED) is 0.705. The molecular formula is C14H12N4. The number of aromatic nitrogens is 3. The van der Waals surface area contributed by atoms with Gasteiger partial charge in [-0.15, -0.1) is 0 Å². The molecule has 18 heavy (non-hydrogen) atoms. The van der Waals surface area contributed by atoms with Crippen LogP contribution >= 0.6 is 0 Å². The van der Waals surface area contributed by atoms with Crippen LogP contribution < -0.4 is 5.73 Å². The maximum Gasteiger partial charge on any atom is 0.127 e. The zero-order chi connectivity index (χ0) is 12.5. The molecule has 0 spiro atoms. The van der Waals surface area contributed by atoms with Gasteiger partial charge in [-0.3, -0.25) is 4.98 Å². The molecule has 0 amide bonds. The summed E-state index contributed by atoms with van der Waals surface area (Å²) in [7, 11) is 0. The van der Waals surface area contributed by atoms with E-state index in [1.54, 1.807) is 6.07 Å². The van der Waals surface area contributed by atoms with Gasteiger partial charge in [0.05, 0.1) is 11.2 Å². The van der Waals surface area contributed by atoms with Gasteiger partial charge in [-0.05, 0) is 24.6 Å². The van der Waals surface area contributed by atoms with E-state index >= 15 is 0 Å².